The molecular weight excluding hydrogens is 272 g/mol. The largest absolute Gasteiger partial charge is 0.379 e. The maximum absolute atomic E-state index is 12.0. The van der Waals surface area contributed by atoms with Gasteiger partial charge in [0.25, 0.3) is 0 Å². The number of morpholine rings is 1. The van der Waals surface area contributed by atoms with Crippen LogP contribution in [0.5, 0.6) is 0 Å². The van der Waals surface area contributed by atoms with Crippen molar-refractivity contribution in [2.75, 3.05) is 26.3 Å². The third kappa shape index (κ3) is 3.22. The topological polar surface area (TPSA) is 41.6 Å². The lowest BCUT2D eigenvalue weighted by molar-refractivity contribution is -0.123. The number of ether oxygens (including phenoxy) is 1. The Balaban J connectivity index is 1.71. The highest BCUT2D eigenvalue weighted by molar-refractivity contribution is 7.10. The minimum Gasteiger partial charge on any atom is -0.379 e. The molecule has 0 bridgehead atoms. The second-order valence-corrected chi connectivity index (χ2v) is 6.66. The van der Waals surface area contributed by atoms with Gasteiger partial charge in [0.15, 0.2) is 0 Å². The van der Waals surface area contributed by atoms with Crippen molar-refractivity contribution < 1.29 is 9.53 Å². The first-order valence-electron chi connectivity index (χ1n) is 7.41. The number of nitrogens with one attached hydrogen (secondary N) is 1. The lowest BCUT2D eigenvalue weighted by Gasteiger charge is -2.37. The molecule has 1 N–H and O–H groups in total. The molecule has 4 nitrogen and oxygen atoms in total. The summed E-state index contributed by atoms with van der Waals surface area (Å²) < 4.78 is 5.45. The van der Waals surface area contributed by atoms with E-state index in [0.717, 1.165) is 39.1 Å². The minimum absolute atomic E-state index is 0.139. The Morgan fingerprint density at radius 2 is 2.20 bits per heavy atom. The number of rotatable bonds is 5. The summed E-state index contributed by atoms with van der Waals surface area (Å²) in [6, 6.07) is 4.66. The summed E-state index contributed by atoms with van der Waals surface area (Å²) in [5.41, 5.74) is 0. The molecule has 1 aromatic heterocycles. The van der Waals surface area contributed by atoms with Crippen LogP contribution in [0.2, 0.25) is 0 Å². The van der Waals surface area contributed by atoms with E-state index in [-0.39, 0.29) is 23.9 Å². The number of amides is 1. The molecule has 0 radical (unpaired) electrons. The van der Waals surface area contributed by atoms with Crippen molar-refractivity contribution in [3.8, 4) is 0 Å². The number of carbonyl (C=O) groups is 1. The van der Waals surface area contributed by atoms with Gasteiger partial charge in [0, 0.05) is 29.9 Å². The van der Waals surface area contributed by atoms with E-state index < -0.39 is 0 Å². The quantitative estimate of drug-likeness (QED) is 0.903. The van der Waals surface area contributed by atoms with E-state index in [1.54, 1.807) is 11.3 Å². The molecule has 1 aliphatic carbocycles. The molecule has 0 spiro atoms. The highest BCUT2D eigenvalue weighted by Crippen LogP contribution is 2.32. The molecule has 110 valence electrons. The molecule has 1 aromatic rings. The van der Waals surface area contributed by atoms with Gasteiger partial charge in [-0.15, -0.1) is 11.3 Å². The zero-order chi connectivity index (χ0) is 13.9. The second-order valence-electron chi connectivity index (χ2n) is 5.68. The zero-order valence-electron chi connectivity index (χ0n) is 11.9. The van der Waals surface area contributed by atoms with E-state index >= 15 is 0 Å². The van der Waals surface area contributed by atoms with Gasteiger partial charge in [-0.05, 0) is 31.2 Å². The van der Waals surface area contributed by atoms with E-state index in [2.05, 4.69) is 34.7 Å². The molecule has 20 heavy (non-hydrogen) atoms. The first-order chi connectivity index (χ1) is 9.75. The van der Waals surface area contributed by atoms with Crippen LogP contribution in [-0.2, 0) is 9.53 Å². The fourth-order valence-electron chi connectivity index (χ4n) is 2.82. The molecule has 2 heterocycles. The Morgan fingerprint density at radius 1 is 1.45 bits per heavy atom. The standard InChI is InChI=1S/C15H22N2O2S/c1-11(16-15(18)12-4-5-12)14(13-3-2-10-20-13)17-6-8-19-9-7-17/h2-3,10-12,14H,4-9H2,1H3,(H,16,18)/t11-,14-/m1/s1. The van der Waals surface area contributed by atoms with E-state index in [4.69, 9.17) is 4.74 Å². The van der Waals surface area contributed by atoms with Gasteiger partial charge >= 0.3 is 0 Å². The molecule has 2 atom stereocenters. The number of thiophene rings is 1. The Bertz CT molecular complexity index is 439. The molecule has 3 rings (SSSR count). The fraction of sp³-hybridized carbons (Fsp3) is 0.667. The molecule has 5 heteroatoms. The molecule has 0 unspecified atom stereocenters. The highest BCUT2D eigenvalue weighted by Gasteiger charge is 2.34. The molecule has 2 aliphatic rings. The first kappa shape index (κ1) is 14.0. The van der Waals surface area contributed by atoms with Gasteiger partial charge < -0.3 is 10.1 Å². The summed E-state index contributed by atoms with van der Waals surface area (Å²) in [7, 11) is 0. The molecule has 1 amide bonds. The second kappa shape index (κ2) is 6.24. The maximum atomic E-state index is 12.0. The van der Waals surface area contributed by atoms with Crippen LogP contribution in [-0.4, -0.2) is 43.2 Å². The van der Waals surface area contributed by atoms with Crippen molar-refractivity contribution in [3.05, 3.63) is 22.4 Å². The van der Waals surface area contributed by atoms with Crippen molar-refractivity contribution in [2.24, 2.45) is 5.92 Å². The number of nitrogens with zero attached hydrogens (tertiary/aromatic N) is 1. The highest BCUT2D eigenvalue weighted by atomic mass is 32.1. The molecule has 2 fully saturated rings. The fourth-order valence-corrected chi connectivity index (χ4v) is 3.79. The molecule has 1 saturated heterocycles. The normalized spacial score (nSPS) is 23.2. The smallest absolute Gasteiger partial charge is 0.223 e. The Morgan fingerprint density at radius 3 is 2.80 bits per heavy atom. The first-order valence-corrected chi connectivity index (χ1v) is 8.29. The van der Waals surface area contributed by atoms with Gasteiger partial charge in [0.2, 0.25) is 5.91 Å². The Labute approximate surface area is 124 Å². The van der Waals surface area contributed by atoms with Crippen LogP contribution in [0.3, 0.4) is 0 Å². The van der Waals surface area contributed by atoms with Crippen LogP contribution >= 0.6 is 11.3 Å². The minimum atomic E-state index is 0.139. The summed E-state index contributed by atoms with van der Waals surface area (Å²) in [5.74, 6) is 0.499. The average Bonchev–Trinajstić information content (AvgIpc) is 3.18. The molecule has 1 saturated carbocycles. The molecular formula is C15H22N2O2S. The molecule has 0 aromatic carbocycles. The predicted molar refractivity (Wildman–Crippen MR) is 79.8 cm³/mol. The van der Waals surface area contributed by atoms with Crippen molar-refractivity contribution in [3.63, 3.8) is 0 Å². The lowest BCUT2D eigenvalue weighted by atomic mass is 10.1. The number of hydrogen-bond acceptors (Lipinski definition) is 4. The lowest BCUT2D eigenvalue weighted by Crippen LogP contribution is -2.48. The van der Waals surface area contributed by atoms with Gasteiger partial charge in [-0.25, -0.2) is 0 Å². The van der Waals surface area contributed by atoms with Crippen LogP contribution < -0.4 is 5.32 Å². The van der Waals surface area contributed by atoms with Gasteiger partial charge in [-0.1, -0.05) is 6.07 Å². The van der Waals surface area contributed by atoms with Crippen LogP contribution in [0, 0.1) is 5.92 Å². The van der Waals surface area contributed by atoms with Gasteiger partial charge in [-0.2, -0.15) is 0 Å². The summed E-state index contributed by atoms with van der Waals surface area (Å²) in [6.45, 7) is 5.56. The SMILES string of the molecule is C[C@@H](NC(=O)C1CC1)[C@H](c1cccs1)N1CCOCC1. The van der Waals surface area contributed by atoms with Crippen molar-refractivity contribution in [2.45, 2.75) is 31.8 Å². The number of carbonyl (C=O) groups excluding carboxylic acids is 1. The van der Waals surface area contributed by atoms with E-state index in [0.29, 0.717) is 0 Å². The van der Waals surface area contributed by atoms with E-state index in [1.807, 2.05) is 0 Å². The summed E-state index contributed by atoms with van der Waals surface area (Å²) >= 11 is 1.77. The van der Waals surface area contributed by atoms with Gasteiger partial charge in [-0.3, -0.25) is 9.69 Å². The van der Waals surface area contributed by atoms with Crippen LogP contribution in [0.1, 0.15) is 30.7 Å². The molecule has 1 aliphatic heterocycles. The third-order valence-electron chi connectivity index (χ3n) is 4.07. The van der Waals surface area contributed by atoms with E-state index in [1.165, 1.54) is 4.88 Å². The Hall–Kier alpha value is -0.910. The number of hydrogen-bond donors (Lipinski definition) is 1. The summed E-state index contributed by atoms with van der Waals surface area (Å²) in [5, 5.41) is 5.32. The van der Waals surface area contributed by atoms with Crippen LogP contribution in [0.25, 0.3) is 0 Å². The zero-order valence-corrected chi connectivity index (χ0v) is 12.7. The third-order valence-corrected chi connectivity index (χ3v) is 5.01. The van der Waals surface area contributed by atoms with Crippen molar-refractivity contribution >= 4 is 17.2 Å². The van der Waals surface area contributed by atoms with Crippen molar-refractivity contribution in [1.82, 2.24) is 10.2 Å². The summed E-state index contributed by atoms with van der Waals surface area (Å²) in [6.07, 6.45) is 2.11. The maximum Gasteiger partial charge on any atom is 0.223 e. The monoisotopic (exact) mass is 294 g/mol. The van der Waals surface area contributed by atoms with Crippen LogP contribution in [0.4, 0.5) is 0 Å². The van der Waals surface area contributed by atoms with Gasteiger partial charge in [0.05, 0.1) is 19.3 Å². The Kier molecular flexibility index (Phi) is 4.38. The van der Waals surface area contributed by atoms with Crippen molar-refractivity contribution in [1.29, 1.82) is 0 Å². The van der Waals surface area contributed by atoms with Crippen LogP contribution in [0.15, 0.2) is 17.5 Å². The van der Waals surface area contributed by atoms with E-state index in [9.17, 15) is 4.79 Å². The average molecular weight is 294 g/mol. The predicted octanol–water partition coefficient (Wildman–Crippen LogP) is 2.04. The summed E-state index contributed by atoms with van der Waals surface area (Å²) in [4.78, 5) is 15.8. The van der Waals surface area contributed by atoms with Gasteiger partial charge in [0.1, 0.15) is 0 Å².